The predicted molar refractivity (Wildman–Crippen MR) is 126 cm³/mol. The number of alkyl carbamates (subject to hydrolysis) is 1. The van der Waals surface area contributed by atoms with E-state index in [9.17, 15) is 9.18 Å². The molecule has 172 valence electrons. The lowest BCUT2D eigenvalue weighted by Crippen LogP contribution is -2.38. The zero-order chi connectivity index (χ0) is 22.9. The highest BCUT2D eigenvalue weighted by atomic mass is 79.9. The van der Waals surface area contributed by atoms with Crippen molar-refractivity contribution < 1.29 is 23.4 Å². The Kier molecular flexibility index (Phi) is 7.52. The van der Waals surface area contributed by atoms with Crippen molar-refractivity contribution in [2.45, 2.75) is 49.3 Å². The second-order valence-electron chi connectivity index (χ2n) is 9.30. The number of fused-ring (bicyclic) bond motifs is 1. The molecule has 3 rings (SSSR count). The topological polar surface area (TPSA) is 82.0 Å². The van der Waals surface area contributed by atoms with Crippen molar-refractivity contribution in [1.29, 1.82) is 0 Å². The molecule has 3 atom stereocenters. The molecule has 0 bridgehead atoms. The molecule has 1 aliphatic carbocycles. The zero-order valence-corrected chi connectivity index (χ0v) is 21.9. The number of rotatable bonds is 8. The molecular weight excluding hydrogens is 505 g/mol. The van der Waals surface area contributed by atoms with Crippen molar-refractivity contribution in [2.24, 2.45) is 10.9 Å². The van der Waals surface area contributed by atoms with Crippen LogP contribution in [0.25, 0.3) is 0 Å². The van der Waals surface area contributed by atoms with Gasteiger partial charge >= 0.3 is 6.09 Å². The molecule has 2 aliphatic rings. The van der Waals surface area contributed by atoms with Crippen LogP contribution < -0.4 is 5.32 Å². The van der Waals surface area contributed by atoms with Crippen molar-refractivity contribution in [1.82, 2.24) is 10.3 Å². The van der Waals surface area contributed by atoms with E-state index in [1.165, 1.54) is 18.0 Å². The van der Waals surface area contributed by atoms with Gasteiger partial charge in [0.25, 0.3) is 5.23 Å². The Labute approximate surface area is 196 Å². The molecule has 0 saturated heterocycles. The number of methoxy groups -OCH3 is 1. The number of thioether (sulfide) groups is 1. The average molecular weight is 535 g/mol. The summed E-state index contributed by atoms with van der Waals surface area (Å²) in [5.41, 5.74) is -0.560. The van der Waals surface area contributed by atoms with E-state index in [2.05, 4.69) is 50.9 Å². The van der Waals surface area contributed by atoms with Crippen LogP contribution in [0.15, 0.2) is 21.7 Å². The van der Waals surface area contributed by atoms with Crippen LogP contribution in [0.4, 0.5) is 9.18 Å². The molecule has 1 saturated carbocycles. The lowest BCUT2D eigenvalue weighted by molar-refractivity contribution is 0.120. The normalized spacial score (nSPS) is 27.3. The molecule has 1 aromatic rings. The Morgan fingerprint density at radius 1 is 1.45 bits per heavy atom. The fourth-order valence-corrected chi connectivity index (χ4v) is 6.34. The maximum absolute atomic E-state index is 14.6. The minimum absolute atomic E-state index is 0.0378. The van der Waals surface area contributed by atoms with Gasteiger partial charge in [-0.15, -0.1) is 0 Å². The quantitative estimate of drug-likeness (QED) is 0.225. The number of ether oxygens (including phenoxy) is 3. The largest absolute Gasteiger partial charge is 0.416 e. The molecule has 11 heteroatoms. The molecule has 0 unspecified atom stereocenters. The third kappa shape index (κ3) is 5.87. The smallest absolute Gasteiger partial charge is 0.385 e. The summed E-state index contributed by atoms with van der Waals surface area (Å²) in [6, 6.07) is 2.69. The molecular formula is C20H29BrFN3O4SSi. The summed E-state index contributed by atoms with van der Waals surface area (Å²) < 4.78 is 31.4. The molecule has 0 spiro atoms. The second kappa shape index (κ2) is 9.46. The van der Waals surface area contributed by atoms with Crippen molar-refractivity contribution in [2.75, 3.05) is 27.1 Å². The Morgan fingerprint density at radius 3 is 2.87 bits per heavy atom. The van der Waals surface area contributed by atoms with Crippen LogP contribution in [-0.4, -0.2) is 56.2 Å². The summed E-state index contributed by atoms with van der Waals surface area (Å²) in [5, 5.41) is 2.78. The Hall–Kier alpha value is -1.01. The first-order valence-electron chi connectivity index (χ1n) is 10.1. The van der Waals surface area contributed by atoms with E-state index in [1.807, 2.05) is 6.92 Å². The fourth-order valence-electron chi connectivity index (χ4n) is 3.75. The number of carbonyl (C=O) groups excluding carboxylic acids is 1. The number of halogens is 2. The second-order valence-corrected chi connectivity index (χ2v) is 17.2. The first-order valence-corrected chi connectivity index (χ1v) is 15.4. The number of hydrogen-bond acceptors (Lipinski definition) is 7. The van der Waals surface area contributed by atoms with E-state index in [0.717, 1.165) is 12.5 Å². The number of nitrogens with zero attached hydrogens (tertiary/aromatic N) is 2. The van der Waals surface area contributed by atoms with Gasteiger partial charge in [0.2, 0.25) is 5.95 Å². The molecule has 1 amide bonds. The highest BCUT2D eigenvalue weighted by Crippen LogP contribution is 2.66. The number of amides is 1. The van der Waals surface area contributed by atoms with Crippen LogP contribution in [0.5, 0.6) is 0 Å². The third-order valence-corrected chi connectivity index (χ3v) is 9.01. The lowest BCUT2D eigenvalue weighted by atomic mass is 9.87. The van der Waals surface area contributed by atoms with Gasteiger partial charge in [0.15, 0.2) is 0 Å². The van der Waals surface area contributed by atoms with Crippen LogP contribution >= 0.6 is 27.7 Å². The first-order chi connectivity index (χ1) is 14.5. The lowest BCUT2D eigenvalue weighted by Gasteiger charge is -2.34. The Morgan fingerprint density at radius 2 is 2.19 bits per heavy atom. The van der Waals surface area contributed by atoms with Gasteiger partial charge < -0.3 is 14.2 Å². The van der Waals surface area contributed by atoms with Crippen LogP contribution in [0, 0.1) is 11.9 Å². The minimum atomic E-state index is -1.19. The minimum Gasteiger partial charge on any atom is -0.385 e. The third-order valence-electron chi connectivity index (χ3n) is 5.55. The summed E-state index contributed by atoms with van der Waals surface area (Å²) in [6.07, 6.45) is 1.53. The van der Waals surface area contributed by atoms with Crippen molar-refractivity contribution >= 4 is 47.1 Å². The maximum atomic E-state index is 14.6. The number of aromatic nitrogens is 1. The molecule has 2 heterocycles. The van der Waals surface area contributed by atoms with E-state index >= 15 is 0 Å². The molecule has 0 radical (unpaired) electrons. The van der Waals surface area contributed by atoms with Gasteiger partial charge in [0, 0.05) is 43.9 Å². The van der Waals surface area contributed by atoms with Gasteiger partial charge in [-0.1, -0.05) is 31.4 Å². The highest BCUT2D eigenvalue weighted by Gasteiger charge is 2.67. The number of aliphatic imine (C=N–C) groups is 1. The summed E-state index contributed by atoms with van der Waals surface area (Å²) in [6.45, 7) is 9.74. The van der Waals surface area contributed by atoms with Gasteiger partial charge in [0.05, 0.1) is 16.9 Å². The first kappa shape index (κ1) is 24.6. The monoisotopic (exact) mass is 533 g/mol. The standard InChI is InChI=1S/C20H29BrFN3O4SSi/c1-19(14-8-13(21)10-23-16(14)22)15-9-20(15,11-27-2)30-18(25-19)29-17(26)24-12-28-6-7-31(3,4)5/h8,10,15H,6-7,9,11-12H2,1-5H3,(H,24,26)/t15-,19+,20+/m0/s1. The summed E-state index contributed by atoms with van der Waals surface area (Å²) in [7, 11) is 0.437. The van der Waals surface area contributed by atoms with Crippen molar-refractivity contribution in [3.63, 3.8) is 0 Å². The average Bonchev–Trinajstić information content (AvgIpc) is 3.38. The molecule has 1 aromatic heterocycles. The van der Waals surface area contributed by atoms with Gasteiger partial charge in [-0.05, 0) is 41.4 Å². The van der Waals surface area contributed by atoms with E-state index in [1.54, 1.807) is 13.2 Å². The van der Waals surface area contributed by atoms with Gasteiger partial charge in [-0.25, -0.2) is 14.8 Å². The van der Waals surface area contributed by atoms with Gasteiger partial charge in [-0.2, -0.15) is 4.39 Å². The molecule has 1 aliphatic heterocycles. The summed E-state index contributed by atoms with van der Waals surface area (Å²) >= 11 is 4.73. The van der Waals surface area contributed by atoms with Crippen LogP contribution in [-0.2, 0) is 19.7 Å². The van der Waals surface area contributed by atoms with Gasteiger partial charge in [0.1, 0.15) is 6.73 Å². The van der Waals surface area contributed by atoms with Crippen LogP contribution in [0.2, 0.25) is 25.7 Å². The molecule has 1 fully saturated rings. The van der Waals surface area contributed by atoms with Crippen LogP contribution in [0.3, 0.4) is 0 Å². The van der Waals surface area contributed by atoms with Crippen molar-refractivity contribution in [3.8, 4) is 0 Å². The van der Waals surface area contributed by atoms with Crippen molar-refractivity contribution in [3.05, 3.63) is 28.2 Å². The summed E-state index contributed by atoms with van der Waals surface area (Å²) in [4.78, 5) is 20.8. The SMILES string of the molecule is COC[C@]12C[C@H]1[C@@](C)(c1cc(Br)cnc1F)N=C(OC(=O)NCOCC[Si](C)(C)C)S2. The molecule has 31 heavy (non-hydrogen) atoms. The van der Waals surface area contributed by atoms with Gasteiger partial charge in [-0.3, -0.25) is 5.32 Å². The summed E-state index contributed by atoms with van der Waals surface area (Å²) in [5.74, 6) is -0.546. The fraction of sp³-hybridized carbons (Fsp3) is 0.650. The Balaban J connectivity index is 1.71. The number of hydrogen-bond donors (Lipinski definition) is 1. The number of pyridine rings is 1. The number of carbonyl (C=O) groups is 1. The molecule has 7 nitrogen and oxygen atoms in total. The maximum Gasteiger partial charge on any atom is 0.416 e. The van der Waals surface area contributed by atoms with Crippen LogP contribution in [0.1, 0.15) is 18.9 Å². The Bertz CT molecular complexity index is 871. The zero-order valence-electron chi connectivity index (χ0n) is 18.5. The molecule has 1 N–H and O–H groups in total. The highest BCUT2D eigenvalue weighted by molar-refractivity contribution is 9.10. The van der Waals surface area contributed by atoms with E-state index in [0.29, 0.717) is 23.2 Å². The van der Waals surface area contributed by atoms with E-state index in [-0.39, 0.29) is 22.6 Å². The number of nitrogens with one attached hydrogen (secondary N) is 1. The molecule has 0 aromatic carbocycles. The predicted octanol–water partition coefficient (Wildman–Crippen LogP) is 4.74. The van der Waals surface area contributed by atoms with E-state index < -0.39 is 25.7 Å². The van der Waals surface area contributed by atoms with E-state index in [4.69, 9.17) is 14.2 Å².